The van der Waals surface area contributed by atoms with Crippen LogP contribution in [0.15, 0.2) is 22.7 Å². The van der Waals surface area contributed by atoms with Crippen LogP contribution in [0.25, 0.3) is 0 Å². The smallest absolute Gasteiger partial charge is 0.257 e. The van der Waals surface area contributed by atoms with Crippen molar-refractivity contribution < 1.29 is 14.0 Å². The number of likely N-dealkylation sites (tertiary alicyclic amines) is 1. The molecule has 90 valence electrons. The summed E-state index contributed by atoms with van der Waals surface area (Å²) >= 11 is 3.20. The number of Topliss-reactive ketones (excluding diaryl/α,β-unsaturated/α-hetero) is 1. The van der Waals surface area contributed by atoms with Gasteiger partial charge in [-0.05, 0) is 24.6 Å². The van der Waals surface area contributed by atoms with E-state index in [1.807, 2.05) is 0 Å². The van der Waals surface area contributed by atoms with E-state index in [1.54, 1.807) is 0 Å². The minimum Gasteiger partial charge on any atom is -0.331 e. The Balaban J connectivity index is 2.24. The Morgan fingerprint density at radius 2 is 2.18 bits per heavy atom. The lowest BCUT2D eigenvalue weighted by Crippen LogP contribution is -2.40. The molecule has 0 N–H and O–H groups in total. The molecule has 0 radical (unpaired) electrons. The van der Waals surface area contributed by atoms with Gasteiger partial charge in [0.05, 0.1) is 12.1 Å². The molecule has 1 amide bonds. The Bertz CT molecular complexity index is 476. The molecular weight excluding hydrogens is 289 g/mol. The van der Waals surface area contributed by atoms with Crippen molar-refractivity contribution >= 4 is 27.6 Å². The number of piperidine rings is 1. The molecule has 17 heavy (non-hydrogen) atoms. The molecule has 1 aromatic rings. The largest absolute Gasteiger partial charge is 0.331 e. The Kier molecular flexibility index (Phi) is 3.57. The van der Waals surface area contributed by atoms with E-state index in [2.05, 4.69) is 15.9 Å². The fourth-order valence-electron chi connectivity index (χ4n) is 1.84. The molecule has 1 saturated heterocycles. The van der Waals surface area contributed by atoms with Gasteiger partial charge in [-0.1, -0.05) is 15.9 Å². The monoisotopic (exact) mass is 299 g/mol. The first-order chi connectivity index (χ1) is 8.08. The first kappa shape index (κ1) is 12.2. The third-order valence-corrected chi connectivity index (χ3v) is 3.19. The summed E-state index contributed by atoms with van der Waals surface area (Å²) in [6.45, 7) is 0.599. The zero-order valence-corrected chi connectivity index (χ0v) is 10.7. The summed E-state index contributed by atoms with van der Waals surface area (Å²) in [4.78, 5) is 24.7. The van der Waals surface area contributed by atoms with E-state index >= 15 is 0 Å². The number of carbonyl (C=O) groups excluding carboxylic acids is 2. The molecule has 0 saturated carbocycles. The van der Waals surface area contributed by atoms with E-state index < -0.39 is 11.7 Å². The number of ketones is 1. The third-order valence-electron chi connectivity index (χ3n) is 2.70. The molecule has 1 aliphatic heterocycles. The predicted octanol–water partition coefficient (Wildman–Crippen LogP) is 2.39. The van der Waals surface area contributed by atoms with Gasteiger partial charge in [-0.15, -0.1) is 0 Å². The number of halogens is 2. The van der Waals surface area contributed by atoms with E-state index in [0.717, 1.165) is 0 Å². The van der Waals surface area contributed by atoms with Crippen LogP contribution in [0, 0.1) is 5.82 Å². The molecule has 0 aromatic heterocycles. The van der Waals surface area contributed by atoms with Gasteiger partial charge < -0.3 is 4.90 Å². The highest BCUT2D eigenvalue weighted by Crippen LogP contribution is 2.18. The van der Waals surface area contributed by atoms with Crippen LogP contribution in [0.3, 0.4) is 0 Å². The number of amides is 1. The number of hydrogen-bond acceptors (Lipinski definition) is 2. The Morgan fingerprint density at radius 3 is 2.88 bits per heavy atom. The average Bonchev–Trinajstić information content (AvgIpc) is 2.31. The van der Waals surface area contributed by atoms with Crippen molar-refractivity contribution in [3.63, 3.8) is 0 Å². The van der Waals surface area contributed by atoms with Gasteiger partial charge in [0, 0.05) is 17.4 Å². The Hall–Kier alpha value is -1.23. The van der Waals surface area contributed by atoms with Crippen molar-refractivity contribution in [2.45, 2.75) is 12.8 Å². The summed E-state index contributed by atoms with van der Waals surface area (Å²) in [5.74, 6) is -0.951. The van der Waals surface area contributed by atoms with Crippen molar-refractivity contribution in [2.24, 2.45) is 0 Å². The maximum atomic E-state index is 13.5. The van der Waals surface area contributed by atoms with Gasteiger partial charge in [0.15, 0.2) is 5.78 Å². The van der Waals surface area contributed by atoms with Crippen LogP contribution < -0.4 is 0 Å². The normalized spacial score (nSPS) is 16.1. The maximum Gasteiger partial charge on any atom is 0.257 e. The zero-order valence-electron chi connectivity index (χ0n) is 9.08. The second-order valence-electron chi connectivity index (χ2n) is 3.99. The molecule has 3 nitrogen and oxygen atoms in total. The van der Waals surface area contributed by atoms with Crippen LogP contribution in [-0.2, 0) is 4.79 Å². The van der Waals surface area contributed by atoms with E-state index in [9.17, 15) is 14.0 Å². The third kappa shape index (κ3) is 2.72. The highest BCUT2D eigenvalue weighted by molar-refractivity contribution is 9.10. The van der Waals surface area contributed by atoms with Crippen LogP contribution in [-0.4, -0.2) is 29.7 Å². The van der Waals surface area contributed by atoms with Gasteiger partial charge in [-0.2, -0.15) is 0 Å². The summed E-state index contributed by atoms with van der Waals surface area (Å²) in [5, 5.41) is 0. The van der Waals surface area contributed by atoms with Crippen molar-refractivity contribution in [2.75, 3.05) is 13.1 Å². The molecular formula is C12H11BrFNO2. The second kappa shape index (κ2) is 4.96. The lowest BCUT2D eigenvalue weighted by Gasteiger charge is -2.26. The summed E-state index contributed by atoms with van der Waals surface area (Å²) in [5.41, 5.74) is 0.00840. The molecule has 0 atom stereocenters. The van der Waals surface area contributed by atoms with Gasteiger partial charge in [-0.25, -0.2) is 4.39 Å². The predicted molar refractivity (Wildman–Crippen MR) is 64.2 cm³/mol. The van der Waals surface area contributed by atoms with Crippen LogP contribution in [0.2, 0.25) is 0 Å². The zero-order chi connectivity index (χ0) is 12.4. The van der Waals surface area contributed by atoms with Crippen molar-refractivity contribution in [3.05, 3.63) is 34.1 Å². The van der Waals surface area contributed by atoms with E-state index in [1.165, 1.54) is 23.1 Å². The fourth-order valence-corrected chi connectivity index (χ4v) is 2.20. The first-order valence-electron chi connectivity index (χ1n) is 5.34. The SMILES string of the molecule is O=C1CCCN(C(=O)c2cc(Br)ccc2F)C1. The van der Waals surface area contributed by atoms with Crippen molar-refractivity contribution in [1.29, 1.82) is 0 Å². The van der Waals surface area contributed by atoms with Crippen molar-refractivity contribution in [3.8, 4) is 0 Å². The highest BCUT2D eigenvalue weighted by Gasteiger charge is 2.24. The minimum atomic E-state index is -0.559. The average molecular weight is 300 g/mol. The molecule has 1 heterocycles. The Morgan fingerprint density at radius 1 is 1.41 bits per heavy atom. The van der Waals surface area contributed by atoms with Gasteiger partial charge in [0.1, 0.15) is 5.82 Å². The standard InChI is InChI=1S/C12H11BrFNO2/c13-8-3-4-11(14)10(6-8)12(17)15-5-1-2-9(16)7-15/h3-4,6H,1-2,5,7H2. The van der Waals surface area contributed by atoms with Gasteiger partial charge in [0.2, 0.25) is 0 Å². The first-order valence-corrected chi connectivity index (χ1v) is 6.13. The van der Waals surface area contributed by atoms with Gasteiger partial charge in [-0.3, -0.25) is 9.59 Å². The molecule has 2 rings (SSSR count). The van der Waals surface area contributed by atoms with E-state index in [-0.39, 0.29) is 17.9 Å². The summed E-state index contributed by atoms with van der Waals surface area (Å²) in [7, 11) is 0. The minimum absolute atomic E-state index is 0.00840. The van der Waals surface area contributed by atoms with Gasteiger partial charge in [0.25, 0.3) is 5.91 Å². The van der Waals surface area contributed by atoms with Crippen LogP contribution in [0.1, 0.15) is 23.2 Å². The lowest BCUT2D eigenvalue weighted by molar-refractivity contribution is -0.121. The molecule has 1 aliphatic rings. The van der Waals surface area contributed by atoms with Crippen LogP contribution in [0.5, 0.6) is 0 Å². The molecule has 1 aromatic carbocycles. The maximum absolute atomic E-state index is 13.5. The molecule has 0 aliphatic carbocycles. The highest BCUT2D eigenvalue weighted by atomic mass is 79.9. The number of carbonyl (C=O) groups is 2. The molecule has 0 unspecified atom stereocenters. The lowest BCUT2D eigenvalue weighted by atomic mass is 10.1. The number of benzene rings is 1. The fraction of sp³-hybridized carbons (Fsp3) is 0.333. The molecule has 5 heteroatoms. The number of nitrogens with zero attached hydrogens (tertiary/aromatic N) is 1. The van der Waals surface area contributed by atoms with Gasteiger partial charge >= 0.3 is 0 Å². The second-order valence-corrected chi connectivity index (χ2v) is 4.91. The molecule has 1 fully saturated rings. The summed E-state index contributed by atoms with van der Waals surface area (Å²) in [6, 6.07) is 4.22. The van der Waals surface area contributed by atoms with Crippen LogP contribution >= 0.6 is 15.9 Å². The summed E-state index contributed by atoms with van der Waals surface area (Å²) in [6.07, 6.45) is 1.16. The summed E-state index contributed by atoms with van der Waals surface area (Å²) < 4.78 is 14.2. The molecule has 0 spiro atoms. The van der Waals surface area contributed by atoms with E-state index in [0.29, 0.717) is 23.9 Å². The Labute approximate surface area is 107 Å². The molecule has 0 bridgehead atoms. The number of hydrogen-bond donors (Lipinski definition) is 0. The van der Waals surface area contributed by atoms with Crippen molar-refractivity contribution in [1.82, 2.24) is 4.90 Å². The quantitative estimate of drug-likeness (QED) is 0.798. The topological polar surface area (TPSA) is 37.4 Å². The number of rotatable bonds is 1. The van der Waals surface area contributed by atoms with Crippen LogP contribution in [0.4, 0.5) is 4.39 Å². The van der Waals surface area contributed by atoms with E-state index in [4.69, 9.17) is 0 Å².